The van der Waals surface area contributed by atoms with Crippen LogP contribution in [0.25, 0.3) is 0 Å². The second kappa shape index (κ2) is 4.43. The van der Waals surface area contributed by atoms with E-state index in [1.165, 1.54) is 0 Å². The number of ether oxygens (including phenoxy) is 1. The van der Waals surface area contributed by atoms with Crippen molar-refractivity contribution in [2.45, 2.75) is 25.2 Å². The summed E-state index contributed by atoms with van der Waals surface area (Å²) in [6.45, 7) is 2.88. The number of likely N-dealkylation sites (tertiary alicyclic amines) is 1. The first kappa shape index (κ1) is 13.5. The molecular formula is C17H16NO4-. The Morgan fingerprint density at radius 2 is 2.14 bits per heavy atom. The summed E-state index contributed by atoms with van der Waals surface area (Å²) in [7, 11) is 0. The first-order valence-corrected chi connectivity index (χ1v) is 7.42. The lowest BCUT2D eigenvalue weighted by molar-refractivity contribution is -0.313. The summed E-state index contributed by atoms with van der Waals surface area (Å²) in [5, 5.41) is 11.4. The molecule has 1 aromatic rings. The molecule has 3 heterocycles. The zero-order valence-corrected chi connectivity index (χ0v) is 12.2. The molecule has 3 aliphatic rings. The van der Waals surface area contributed by atoms with Gasteiger partial charge in [-0.2, -0.15) is 0 Å². The van der Waals surface area contributed by atoms with Crippen molar-refractivity contribution in [3.05, 3.63) is 47.5 Å². The summed E-state index contributed by atoms with van der Waals surface area (Å²) in [4.78, 5) is 25.8. The number of nitrogens with zero attached hydrogens (tertiary/aromatic N) is 1. The highest BCUT2D eigenvalue weighted by molar-refractivity contribution is 5.90. The number of rotatable bonds is 3. The zero-order valence-electron chi connectivity index (χ0n) is 12.2. The van der Waals surface area contributed by atoms with Crippen molar-refractivity contribution >= 4 is 11.9 Å². The molecule has 114 valence electrons. The predicted molar refractivity (Wildman–Crippen MR) is 75.3 cm³/mol. The minimum atomic E-state index is -1.20. The highest BCUT2D eigenvalue weighted by Crippen LogP contribution is 2.51. The molecule has 0 saturated carbocycles. The molecule has 2 bridgehead atoms. The fraction of sp³-hybridized carbons (Fsp3) is 0.412. The summed E-state index contributed by atoms with van der Waals surface area (Å²) in [5.41, 5.74) is 1.41. The average Bonchev–Trinajstić information content (AvgIpc) is 3.10. The number of amides is 1. The van der Waals surface area contributed by atoms with Gasteiger partial charge in [-0.3, -0.25) is 4.79 Å². The van der Waals surface area contributed by atoms with Gasteiger partial charge in [0.15, 0.2) is 0 Å². The number of aliphatic carboxylic acids is 1. The third-order valence-corrected chi connectivity index (χ3v) is 4.94. The Hall–Kier alpha value is -2.14. The van der Waals surface area contributed by atoms with Crippen molar-refractivity contribution in [1.82, 2.24) is 4.90 Å². The summed E-state index contributed by atoms with van der Waals surface area (Å²) < 4.78 is 5.82. The molecule has 4 atom stereocenters. The van der Waals surface area contributed by atoms with Crippen LogP contribution in [0.1, 0.15) is 11.1 Å². The van der Waals surface area contributed by atoms with E-state index < -0.39 is 29.5 Å². The van der Waals surface area contributed by atoms with Crippen molar-refractivity contribution in [2.75, 3.05) is 6.54 Å². The molecule has 0 N–H and O–H groups in total. The molecule has 2 fully saturated rings. The van der Waals surface area contributed by atoms with E-state index in [4.69, 9.17) is 4.74 Å². The predicted octanol–water partition coefficient (Wildman–Crippen LogP) is 0.0269. The second-order valence-electron chi connectivity index (χ2n) is 6.40. The maximum absolute atomic E-state index is 12.7. The number of carbonyl (C=O) groups excluding carboxylic acids is 2. The highest BCUT2D eigenvalue weighted by atomic mass is 16.5. The smallest absolute Gasteiger partial charge is 0.230 e. The van der Waals surface area contributed by atoms with E-state index >= 15 is 0 Å². The van der Waals surface area contributed by atoms with Gasteiger partial charge in [-0.15, -0.1) is 0 Å². The van der Waals surface area contributed by atoms with Crippen LogP contribution in [0.2, 0.25) is 0 Å². The monoisotopic (exact) mass is 298 g/mol. The Kier molecular flexibility index (Phi) is 2.72. The number of hydrogen-bond acceptors (Lipinski definition) is 4. The fourth-order valence-electron chi connectivity index (χ4n) is 3.90. The molecule has 1 aromatic carbocycles. The van der Waals surface area contributed by atoms with Gasteiger partial charge >= 0.3 is 0 Å². The fourth-order valence-corrected chi connectivity index (χ4v) is 3.90. The Bertz CT molecular complexity index is 680. The molecule has 2 saturated heterocycles. The lowest BCUT2D eigenvalue weighted by Gasteiger charge is -2.24. The van der Waals surface area contributed by atoms with Crippen LogP contribution in [-0.2, 0) is 20.9 Å². The molecular weight excluding hydrogens is 282 g/mol. The van der Waals surface area contributed by atoms with Gasteiger partial charge in [0.2, 0.25) is 5.91 Å². The van der Waals surface area contributed by atoms with Crippen LogP contribution in [-0.4, -0.2) is 35.0 Å². The number of aryl methyl sites for hydroxylation is 1. The Morgan fingerprint density at radius 3 is 2.82 bits per heavy atom. The van der Waals surface area contributed by atoms with Gasteiger partial charge in [0.1, 0.15) is 5.60 Å². The van der Waals surface area contributed by atoms with Crippen molar-refractivity contribution in [2.24, 2.45) is 11.8 Å². The van der Waals surface area contributed by atoms with E-state index in [2.05, 4.69) is 0 Å². The molecule has 1 amide bonds. The maximum Gasteiger partial charge on any atom is 0.230 e. The van der Waals surface area contributed by atoms with E-state index in [-0.39, 0.29) is 5.91 Å². The van der Waals surface area contributed by atoms with Crippen LogP contribution in [0.3, 0.4) is 0 Å². The summed E-state index contributed by atoms with van der Waals surface area (Å²) in [6, 6.07) is 7.97. The van der Waals surface area contributed by atoms with Crippen LogP contribution in [0.15, 0.2) is 36.4 Å². The minimum absolute atomic E-state index is 0.151. The number of carbonyl (C=O) groups is 2. The van der Waals surface area contributed by atoms with E-state index in [1.807, 2.05) is 37.3 Å². The van der Waals surface area contributed by atoms with Crippen LogP contribution >= 0.6 is 0 Å². The minimum Gasteiger partial charge on any atom is -0.550 e. The number of hydrogen-bond donors (Lipinski definition) is 0. The Morgan fingerprint density at radius 1 is 1.41 bits per heavy atom. The van der Waals surface area contributed by atoms with Crippen LogP contribution in [0.4, 0.5) is 0 Å². The molecule has 0 radical (unpaired) electrons. The van der Waals surface area contributed by atoms with Crippen molar-refractivity contribution in [3.63, 3.8) is 0 Å². The van der Waals surface area contributed by atoms with Gasteiger partial charge in [-0.25, -0.2) is 0 Å². The van der Waals surface area contributed by atoms with Crippen LogP contribution < -0.4 is 5.11 Å². The first-order chi connectivity index (χ1) is 10.5. The molecule has 5 nitrogen and oxygen atoms in total. The van der Waals surface area contributed by atoms with Crippen molar-refractivity contribution in [1.29, 1.82) is 0 Å². The van der Waals surface area contributed by atoms with Crippen molar-refractivity contribution < 1.29 is 19.4 Å². The largest absolute Gasteiger partial charge is 0.550 e. The summed E-state index contributed by atoms with van der Waals surface area (Å²) in [6.07, 6.45) is 3.08. The van der Waals surface area contributed by atoms with E-state index in [9.17, 15) is 14.7 Å². The molecule has 1 spiro atoms. The molecule has 0 unspecified atom stereocenters. The van der Waals surface area contributed by atoms with Gasteiger partial charge in [-0.1, -0.05) is 42.0 Å². The lowest BCUT2D eigenvalue weighted by atomic mass is 9.77. The van der Waals surface area contributed by atoms with E-state index in [1.54, 1.807) is 11.0 Å². The Labute approximate surface area is 128 Å². The van der Waals surface area contributed by atoms with Gasteiger partial charge in [0, 0.05) is 18.4 Å². The zero-order chi connectivity index (χ0) is 15.5. The first-order valence-electron chi connectivity index (χ1n) is 7.42. The van der Waals surface area contributed by atoms with Crippen LogP contribution in [0.5, 0.6) is 0 Å². The molecule has 3 aliphatic heterocycles. The molecule has 5 heteroatoms. The third kappa shape index (κ3) is 1.75. The third-order valence-electron chi connectivity index (χ3n) is 4.94. The lowest BCUT2D eigenvalue weighted by Crippen LogP contribution is -2.45. The van der Waals surface area contributed by atoms with Gasteiger partial charge in [-0.05, 0) is 12.5 Å². The average molecular weight is 298 g/mol. The van der Waals surface area contributed by atoms with Crippen molar-refractivity contribution in [3.8, 4) is 0 Å². The van der Waals surface area contributed by atoms with Gasteiger partial charge in [0.25, 0.3) is 0 Å². The Balaban J connectivity index is 1.61. The maximum atomic E-state index is 12.7. The number of carboxylic acids is 1. The molecule has 22 heavy (non-hydrogen) atoms. The number of fused-ring (bicyclic) bond motifs is 1. The highest BCUT2D eigenvalue weighted by Gasteiger charge is 2.65. The second-order valence-corrected chi connectivity index (χ2v) is 6.40. The van der Waals surface area contributed by atoms with Gasteiger partial charge in [0.05, 0.1) is 18.6 Å². The quantitative estimate of drug-likeness (QED) is 0.738. The summed E-state index contributed by atoms with van der Waals surface area (Å²) >= 11 is 0. The molecule has 4 rings (SSSR count). The van der Waals surface area contributed by atoms with E-state index in [0.29, 0.717) is 13.1 Å². The van der Waals surface area contributed by atoms with E-state index in [0.717, 1.165) is 11.1 Å². The van der Waals surface area contributed by atoms with Crippen LogP contribution in [0, 0.1) is 18.8 Å². The SMILES string of the molecule is Cc1ccc(CN2C[C@@]34C=C[C@H](O3)[C@@H](C(=O)[O-])[C@H]4C2=O)cc1. The topological polar surface area (TPSA) is 69.7 Å². The summed E-state index contributed by atoms with van der Waals surface area (Å²) in [5.74, 6) is -2.88. The molecule has 0 aliphatic carbocycles. The molecule has 0 aromatic heterocycles. The number of benzene rings is 1. The normalized spacial score (nSPS) is 35.2. The van der Waals surface area contributed by atoms with Gasteiger partial charge < -0.3 is 19.5 Å². The standard InChI is InChI=1S/C17H17NO4/c1-10-2-4-11(5-3-10)8-18-9-17-7-6-12(22-17)13(16(20)21)14(17)15(18)19/h2-7,12-14H,8-9H2,1H3,(H,20,21)/p-1/t12-,13+,14-,17+/m0/s1. The number of carboxylic acid groups (broad SMARTS) is 1.